The fourth-order valence-electron chi connectivity index (χ4n) is 3.43. The van der Waals surface area contributed by atoms with Gasteiger partial charge in [-0.05, 0) is 48.6 Å². The average Bonchev–Trinajstić information content (AvgIpc) is 2.38. The second-order valence-corrected chi connectivity index (χ2v) is 6.63. The van der Waals surface area contributed by atoms with Crippen LogP contribution in [0.2, 0.25) is 0 Å². The number of ether oxygens (including phenoxy) is 1. The molecule has 3 heteroatoms. The minimum Gasteiger partial charge on any atom is -0.496 e. The number of methoxy groups -OCH3 is 1. The Morgan fingerprint density at radius 1 is 1.40 bits per heavy atom. The molecule has 110 valence electrons. The van der Waals surface area contributed by atoms with E-state index < -0.39 is 5.97 Å². The average molecular weight is 276 g/mol. The molecule has 0 amide bonds. The van der Waals surface area contributed by atoms with Gasteiger partial charge in [0.1, 0.15) is 5.75 Å². The third-order valence-electron chi connectivity index (χ3n) is 4.51. The van der Waals surface area contributed by atoms with Gasteiger partial charge in [0.15, 0.2) is 0 Å². The van der Waals surface area contributed by atoms with E-state index >= 15 is 0 Å². The van der Waals surface area contributed by atoms with Crippen molar-refractivity contribution in [2.45, 2.75) is 39.5 Å². The second kappa shape index (κ2) is 5.86. The minimum atomic E-state index is -0.652. The Morgan fingerprint density at radius 2 is 2.10 bits per heavy atom. The first-order chi connectivity index (χ1) is 9.43. The zero-order chi connectivity index (χ0) is 14.8. The summed E-state index contributed by atoms with van der Waals surface area (Å²) >= 11 is 0. The maximum absolute atomic E-state index is 11.5. The van der Waals surface area contributed by atoms with Gasteiger partial charge in [-0.1, -0.05) is 32.0 Å². The number of hydrogen-bond acceptors (Lipinski definition) is 2. The number of para-hydroxylation sites is 1. The monoisotopic (exact) mass is 276 g/mol. The molecule has 1 aromatic rings. The molecule has 0 aliphatic heterocycles. The number of carboxylic acid groups (broad SMARTS) is 1. The molecule has 1 aromatic carbocycles. The maximum atomic E-state index is 11.5. The molecular weight excluding hydrogens is 252 g/mol. The van der Waals surface area contributed by atoms with Gasteiger partial charge in [-0.3, -0.25) is 4.79 Å². The lowest BCUT2D eigenvalue weighted by Gasteiger charge is -2.39. The van der Waals surface area contributed by atoms with Crippen molar-refractivity contribution in [3.8, 4) is 5.75 Å². The van der Waals surface area contributed by atoms with Crippen LogP contribution in [0.4, 0.5) is 0 Å². The van der Waals surface area contributed by atoms with Gasteiger partial charge in [-0.25, -0.2) is 0 Å². The van der Waals surface area contributed by atoms with Crippen LogP contribution < -0.4 is 4.74 Å². The first-order valence-electron chi connectivity index (χ1n) is 7.27. The first-order valence-corrected chi connectivity index (χ1v) is 7.27. The van der Waals surface area contributed by atoms with E-state index in [0.717, 1.165) is 37.0 Å². The van der Waals surface area contributed by atoms with Crippen molar-refractivity contribution in [2.75, 3.05) is 7.11 Å². The molecule has 0 spiro atoms. The molecule has 2 rings (SSSR count). The van der Waals surface area contributed by atoms with Crippen molar-refractivity contribution in [1.29, 1.82) is 0 Å². The highest BCUT2D eigenvalue weighted by molar-refractivity contribution is 5.70. The smallest absolute Gasteiger partial charge is 0.306 e. The lowest BCUT2D eigenvalue weighted by Crippen LogP contribution is -2.35. The van der Waals surface area contributed by atoms with Crippen LogP contribution in [0, 0.1) is 17.3 Å². The lowest BCUT2D eigenvalue weighted by atomic mass is 9.65. The molecule has 1 aliphatic carbocycles. The molecule has 2 atom stereocenters. The van der Waals surface area contributed by atoms with Crippen LogP contribution in [0.1, 0.15) is 38.7 Å². The number of carbonyl (C=O) groups is 1. The van der Waals surface area contributed by atoms with Crippen molar-refractivity contribution in [1.82, 2.24) is 0 Å². The van der Waals surface area contributed by atoms with E-state index in [0.29, 0.717) is 0 Å². The van der Waals surface area contributed by atoms with Crippen LogP contribution in [0.15, 0.2) is 24.3 Å². The molecule has 1 saturated carbocycles. The number of aliphatic carboxylic acids is 1. The van der Waals surface area contributed by atoms with Crippen LogP contribution in [0.5, 0.6) is 5.75 Å². The van der Waals surface area contributed by atoms with Crippen molar-refractivity contribution < 1.29 is 14.6 Å². The highest BCUT2D eigenvalue weighted by atomic mass is 16.5. The Hall–Kier alpha value is -1.51. The van der Waals surface area contributed by atoms with Gasteiger partial charge >= 0.3 is 5.97 Å². The van der Waals surface area contributed by atoms with Gasteiger partial charge in [-0.15, -0.1) is 0 Å². The number of benzene rings is 1. The highest BCUT2D eigenvalue weighted by Gasteiger charge is 2.38. The molecule has 0 heterocycles. The quantitative estimate of drug-likeness (QED) is 0.910. The van der Waals surface area contributed by atoms with Gasteiger partial charge in [0.2, 0.25) is 0 Å². The zero-order valence-electron chi connectivity index (χ0n) is 12.6. The zero-order valence-corrected chi connectivity index (χ0v) is 12.6. The van der Waals surface area contributed by atoms with Crippen molar-refractivity contribution in [3.63, 3.8) is 0 Å². The molecule has 2 unspecified atom stereocenters. The SMILES string of the molecule is COc1ccccc1CC1CC(C)(C)CCC1C(=O)O. The Bertz CT molecular complexity index is 479. The Balaban J connectivity index is 2.21. The molecule has 0 aromatic heterocycles. The maximum Gasteiger partial charge on any atom is 0.306 e. The van der Waals surface area contributed by atoms with Gasteiger partial charge in [0.25, 0.3) is 0 Å². The van der Waals surface area contributed by atoms with Crippen LogP contribution in [-0.4, -0.2) is 18.2 Å². The van der Waals surface area contributed by atoms with Crippen LogP contribution >= 0.6 is 0 Å². The minimum absolute atomic E-state index is 0.188. The van der Waals surface area contributed by atoms with Crippen LogP contribution in [0.3, 0.4) is 0 Å². The summed E-state index contributed by atoms with van der Waals surface area (Å²) in [4.78, 5) is 11.5. The third kappa shape index (κ3) is 3.33. The summed E-state index contributed by atoms with van der Waals surface area (Å²) in [7, 11) is 1.66. The van der Waals surface area contributed by atoms with Gasteiger partial charge in [0, 0.05) is 0 Å². The third-order valence-corrected chi connectivity index (χ3v) is 4.51. The predicted octanol–water partition coefficient (Wildman–Crippen LogP) is 3.76. The normalized spacial score (nSPS) is 25.1. The van der Waals surface area contributed by atoms with E-state index in [1.54, 1.807) is 7.11 Å². The van der Waals surface area contributed by atoms with Crippen LogP contribution in [-0.2, 0) is 11.2 Å². The van der Waals surface area contributed by atoms with Gasteiger partial charge in [0.05, 0.1) is 13.0 Å². The van der Waals surface area contributed by atoms with Crippen molar-refractivity contribution >= 4 is 5.97 Å². The fourth-order valence-corrected chi connectivity index (χ4v) is 3.43. The van der Waals surface area contributed by atoms with E-state index in [1.807, 2.05) is 24.3 Å². The first kappa shape index (κ1) is 14.9. The topological polar surface area (TPSA) is 46.5 Å². The summed E-state index contributed by atoms with van der Waals surface area (Å²) in [5.74, 6) is 0.168. The fraction of sp³-hybridized carbons (Fsp3) is 0.588. The van der Waals surface area contributed by atoms with Gasteiger partial charge < -0.3 is 9.84 Å². The number of hydrogen-bond donors (Lipinski definition) is 1. The molecule has 1 fully saturated rings. The van der Waals surface area contributed by atoms with E-state index in [1.165, 1.54) is 0 Å². The van der Waals surface area contributed by atoms with Crippen LogP contribution in [0.25, 0.3) is 0 Å². The van der Waals surface area contributed by atoms with Gasteiger partial charge in [-0.2, -0.15) is 0 Å². The number of rotatable bonds is 4. The van der Waals surface area contributed by atoms with E-state index in [2.05, 4.69) is 13.8 Å². The summed E-state index contributed by atoms with van der Waals surface area (Å²) in [6.07, 6.45) is 3.51. The summed E-state index contributed by atoms with van der Waals surface area (Å²) in [6, 6.07) is 7.92. The summed E-state index contributed by atoms with van der Waals surface area (Å²) in [5.41, 5.74) is 1.35. The molecule has 1 aliphatic rings. The van der Waals surface area contributed by atoms with E-state index in [9.17, 15) is 9.90 Å². The molecule has 20 heavy (non-hydrogen) atoms. The Morgan fingerprint density at radius 3 is 2.75 bits per heavy atom. The second-order valence-electron chi connectivity index (χ2n) is 6.63. The number of carboxylic acids is 1. The van der Waals surface area contributed by atoms with Crippen molar-refractivity contribution in [2.24, 2.45) is 17.3 Å². The highest BCUT2D eigenvalue weighted by Crippen LogP contribution is 2.43. The molecule has 0 saturated heterocycles. The molecule has 0 bridgehead atoms. The molecule has 0 radical (unpaired) electrons. The summed E-state index contributed by atoms with van der Waals surface area (Å²) in [5, 5.41) is 9.45. The predicted molar refractivity (Wildman–Crippen MR) is 78.9 cm³/mol. The lowest BCUT2D eigenvalue weighted by molar-refractivity contribution is -0.146. The molecular formula is C17H24O3. The van der Waals surface area contributed by atoms with Crippen molar-refractivity contribution in [3.05, 3.63) is 29.8 Å². The molecule has 1 N–H and O–H groups in total. The van der Waals surface area contributed by atoms with E-state index in [-0.39, 0.29) is 17.3 Å². The Labute approximate surface area is 121 Å². The summed E-state index contributed by atoms with van der Waals surface area (Å²) < 4.78 is 5.39. The molecule has 3 nitrogen and oxygen atoms in total. The Kier molecular flexibility index (Phi) is 4.36. The largest absolute Gasteiger partial charge is 0.496 e. The van der Waals surface area contributed by atoms with E-state index in [4.69, 9.17) is 4.74 Å². The summed E-state index contributed by atoms with van der Waals surface area (Å²) in [6.45, 7) is 4.47. The standard InChI is InChI=1S/C17H24O3/c1-17(2)9-8-14(16(18)19)13(11-17)10-12-6-4-5-7-15(12)20-3/h4-7,13-14H,8-11H2,1-3H3,(H,18,19).